The monoisotopic (exact) mass is 307 g/mol. The minimum absolute atomic E-state index is 0.375. The van der Waals surface area contributed by atoms with Gasteiger partial charge in [0.1, 0.15) is 0 Å². The van der Waals surface area contributed by atoms with Gasteiger partial charge in [-0.3, -0.25) is 0 Å². The van der Waals surface area contributed by atoms with Crippen molar-refractivity contribution in [2.24, 2.45) is 0 Å². The van der Waals surface area contributed by atoms with Crippen LogP contribution in [0, 0.1) is 11.3 Å². The second kappa shape index (κ2) is 7.17. The highest BCUT2D eigenvalue weighted by Gasteiger charge is 2.10. The summed E-state index contributed by atoms with van der Waals surface area (Å²) in [5.41, 5.74) is 0.939. The van der Waals surface area contributed by atoms with Crippen molar-refractivity contribution in [3.05, 3.63) is 35.1 Å². The fourth-order valence-electron chi connectivity index (χ4n) is 1.75. The predicted molar refractivity (Wildman–Crippen MR) is 80.8 cm³/mol. The van der Waals surface area contributed by atoms with Gasteiger partial charge in [-0.25, -0.2) is 0 Å². The summed E-state index contributed by atoms with van der Waals surface area (Å²) >= 11 is 7.34. The van der Waals surface area contributed by atoms with E-state index in [2.05, 4.69) is 21.6 Å². The zero-order valence-electron chi connectivity index (χ0n) is 11.0. The Labute approximate surface area is 127 Å². The Bertz CT molecular complexity index is 619. The predicted octanol–water partition coefficient (Wildman–Crippen LogP) is 3.18. The lowest BCUT2D eigenvalue weighted by Gasteiger charge is -2.08. The lowest BCUT2D eigenvalue weighted by atomic mass is 10.3. The van der Waals surface area contributed by atoms with Crippen LogP contribution in [0.2, 0.25) is 5.02 Å². The van der Waals surface area contributed by atoms with Crippen molar-refractivity contribution < 1.29 is 0 Å². The van der Waals surface area contributed by atoms with Gasteiger partial charge in [0.05, 0.1) is 18.4 Å². The Morgan fingerprint density at radius 1 is 1.45 bits per heavy atom. The normalized spacial score (nSPS) is 10.2. The largest absolute Gasteiger partial charge is 0.378 e. The maximum Gasteiger partial charge on any atom is 0.192 e. The molecular weight excluding hydrogens is 294 g/mol. The molecule has 1 aromatic carbocycles. The van der Waals surface area contributed by atoms with Crippen molar-refractivity contribution >= 4 is 29.1 Å². The molecule has 0 bridgehead atoms. The van der Waals surface area contributed by atoms with Crippen LogP contribution in [0.15, 0.2) is 29.4 Å². The van der Waals surface area contributed by atoms with Gasteiger partial charge in [0.2, 0.25) is 0 Å². The Kier molecular flexibility index (Phi) is 5.27. The molecular formula is C13H14ClN5S. The lowest BCUT2D eigenvalue weighted by Crippen LogP contribution is -2.08. The van der Waals surface area contributed by atoms with Crippen LogP contribution in [-0.4, -0.2) is 20.5 Å². The number of hydrogen-bond donors (Lipinski definition) is 1. The molecule has 0 spiro atoms. The summed E-state index contributed by atoms with van der Waals surface area (Å²) in [6, 6.07) is 9.62. The van der Waals surface area contributed by atoms with E-state index < -0.39 is 0 Å². The summed E-state index contributed by atoms with van der Waals surface area (Å²) in [5, 5.41) is 21.6. The van der Waals surface area contributed by atoms with E-state index in [1.54, 1.807) is 0 Å². The number of benzene rings is 1. The van der Waals surface area contributed by atoms with Crippen molar-refractivity contribution in [2.75, 3.05) is 11.1 Å². The minimum atomic E-state index is 0.375. The number of thioether (sulfide) groups is 1. The van der Waals surface area contributed by atoms with Crippen molar-refractivity contribution in [1.29, 1.82) is 5.26 Å². The van der Waals surface area contributed by atoms with Crippen LogP contribution >= 0.6 is 23.4 Å². The van der Waals surface area contributed by atoms with Crippen LogP contribution in [0.1, 0.15) is 12.7 Å². The number of aromatic nitrogens is 3. The highest BCUT2D eigenvalue weighted by molar-refractivity contribution is 7.99. The molecule has 1 N–H and O–H groups in total. The van der Waals surface area contributed by atoms with Crippen LogP contribution in [0.25, 0.3) is 0 Å². The first kappa shape index (κ1) is 14.7. The summed E-state index contributed by atoms with van der Waals surface area (Å²) in [6.07, 6.45) is 0. The molecule has 0 aliphatic rings. The lowest BCUT2D eigenvalue weighted by molar-refractivity contribution is 0.649. The third kappa shape index (κ3) is 3.65. The quantitative estimate of drug-likeness (QED) is 0.830. The van der Waals surface area contributed by atoms with Crippen molar-refractivity contribution in [1.82, 2.24) is 14.8 Å². The Morgan fingerprint density at radius 3 is 3.00 bits per heavy atom. The van der Waals surface area contributed by atoms with Gasteiger partial charge in [-0.05, 0) is 25.1 Å². The number of anilines is 1. The molecule has 2 aromatic rings. The molecule has 0 atom stereocenters. The first-order valence-corrected chi connectivity index (χ1v) is 7.52. The summed E-state index contributed by atoms with van der Waals surface area (Å²) in [4.78, 5) is 0. The highest BCUT2D eigenvalue weighted by atomic mass is 35.5. The van der Waals surface area contributed by atoms with Gasteiger partial charge in [0.25, 0.3) is 0 Å². The summed E-state index contributed by atoms with van der Waals surface area (Å²) < 4.78 is 2.00. The first-order valence-electron chi connectivity index (χ1n) is 6.16. The molecule has 1 heterocycles. The maximum absolute atomic E-state index is 8.62. The second-order valence-electron chi connectivity index (χ2n) is 3.95. The van der Waals surface area contributed by atoms with Crippen molar-refractivity contribution in [3.63, 3.8) is 0 Å². The van der Waals surface area contributed by atoms with E-state index in [0.717, 1.165) is 23.2 Å². The van der Waals surface area contributed by atoms with E-state index in [1.807, 2.05) is 35.8 Å². The van der Waals surface area contributed by atoms with Crippen LogP contribution in [0.5, 0.6) is 0 Å². The topological polar surface area (TPSA) is 66.5 Å². The van der Waals surface area contributed by atoms with Gasteiger partial charge in [-0.1, -0.05) is 29.4 Å². The molecule has 0 amide bonds. The van der Waals surface area contributed by atoms with Gasteiger partial charge < -0.3 is 9.88 Å². The van der Waals surface area contributed by atoms with Crippen LogP contribution in [0.4, 0.5) is 5.69 Å². The van der Waals surface area contributed by atoms with Gasteiger partial charge in [-0.15, -0.1) is 10.2 Å². The molecule has 20 heavy (non-hydrogen) atoms. The number of nitrogens with zero attached hydrogens (tertiary/aromatic N) is 4. The van der Waals surface area contributed by atoms with E-state index in [-0.39, 0.29) is 0 Å². The minimum Gasteiger partial charge on any atom is -0.378 e. The number of nitriles is 1. The molecule has 2 rings (SSSR count). The summed E-state index contributed by atoms with van der Waals surface area (Å²) in [6.45, 7) is 3.37. The molecule has 1 aromatic heterocycles. The zero-order chi connectivity index (χ0) is 14.4. The van der Waals surface area contributed by atoms with Gasteiger partial charge in [0.15, 0.2) is 11.0 Å². The average molecular weight is 308 g/mol. The van der Waals surface area contributed by atoms with E-state index in [0.29, 0.717) is 17.3 Å². The Balaban J connectivity index is 2.06. The number of rotatable bonds is 6. The molecule has 104 valence electrons. The number of nitrogens with one attached hydrogen (secondary N) is 1. The van der Waals surface area contributed by atoms with Crippen LogP contribution < -0.4 is 5.32 Å². The number of halogens is 1. The first-order chi connectivity index (χ1) is 9.74. The molecule has 7 heteroatoms. The maximum atomic E-state index is 8.62. The van der Waals surface area contributed by atoms with Crippen LogP contribution in [-0.2, 0) is 13.1 Å². The van der Waals surface area contributed by atoms with E-state index in [1.165, 1.54) is 11.8 Å². The average Bonchev–Trinajstić information content (AvgIpc) is 2.85. The third-order valence-corrected chi connectivity index (χ3v) is 3.72. The number of hydrogen-bond acceptors (Lipinski definition) is 5. The summed E-state index contributed by atoms with van der Waals surface area (Å²) in [7, 11) is 0. The second-order valence-corrected chi connectivity index (χ2v) is 5.33. The van der Waals surface area contributed by atoms with Crippen LogP contribution in [0.3, 0.4) is 0 Å². The molecule has 0 saturated heterocycles. The molecule has 0 radical (unpaired) electrons. The van der Waals surface area contributed by atoms with E-state index >= 15 is 0 Å². The highest BCUT2D eigenvalue weighted by Crippen LogP contribution is 2.18. The third-order valence-electron chi connectivity index (χ3n) is 2.65. The molecule has 0 saturated carbocycles. The molecule has 0 unspecified atom stereocenters. The molecule has 0 aliphatic carbocycles. The van der Waals surface area contributed by atoms with Crippen molar-refractivity contribution in [2.45, 2.75) is 25.2 Å². The molecule has 0 fully saturated rings. The van der Waals surface area contributed by atoms with Crippen molar-refractivity contribution in [3.8, 4) is 6.07 Å². The molecule has 5 nitrogen and oxygen atoms in total. The SMILES string of the molecule is CCn1c(CNc2cccc(Cl)c2)nnc1SCC#N. The van der Waals surface area contributed by atoms with Gasteiger partial charge in [0, 0.05) is 17.3 Å². The zero-order valence-corrected chi connectivity index (χ0v) is 12.6. The van der Waals surface area contributed by atoms with E-state index in [9.17, 15) is 0 Å². The van der Waals surface area contributed by atoms with Gasteiger partial charge >= 0.3 is 0 Å². The Hall–Kier alpha value is -1.71. The van der Waals surface area contributed by atoms with E-state index in [4.69, 9.17) is 16.9 Å². The van der Waals surface area contributed by atoms with Gasteiger partial charge in [-0.2, -0.15) is 5.26 Å². The molecule has 0 aliphatic heterocycles. The smallest absolute Gasteiger partial charge is 0.192 e. The fraction of sp³-hybridized carbons (Fsp3) is 0.308. The summed E-state index contributed by atoms with van der Waals surface area (Å²) in [5.74, 6) is 1.22. The fourth-order valence-corrected chi connectivity index (χ4v) is 2.62. The standard InChI is InChI=1S/C13H14ClN5S/c1-2-19-12(17-18-13(19)20-7-6-15)9-16-11-5-3-4-10(14)8-11/h3-5,8,16H,2,7,9H2,1H3. The Morgan fingerprint density at radius 2 is 2.30 bits per heavy atom.